The molecule has 2 nitrogen and oxygen atoms in total. The molecule has 1 N–H and O–H groups in total. The number of nitrogens with zero attached hydrogens (tertiary/aromatic N) is 1. The predicted octanol–water partition coefficient (Wildman–Crippen LogP) is 3.39. The molecule has 0 saturated heterocycles. The molecule has 3 aromatic rings. The van der Waals surface area contributed by atoms with Gasteiger partial charge in [-0.2, -0.15) is 0 Å². The molecule has 1 heterocycles. The van der Waals surface area contributed by atoms with Gasteiger partial charge >= 0.3 is 0 Å². The average Bonchev–Trinajstić information content (AvgIpc) is 2.66. The molecule has 25 heavy (non-hydrogen) atoms. The maximum atomic E-state index is 13.4. The molecule has 1 aliphatic rings. The predicted molar refractivity (Wildman–Crippen MR) is 102 cm³/mol. The fourth-order valence-electron chi connectivity index (χ4n) is 2.83. The van der Waals surface area contributed by atoms with E-state index in [2.05, 4.69) is 35.9 Å². The normalized spacial score (nSPS) is 13.0. The first kappa shape index (κ1) is 15.8. The van der Waals surface area contributed by atoms with Gasteiger partial charge in [0.15, 0.2) is 0 Å². The van der Waals surface area contributed by atoms with Crippen LogP contribution in [-0.4, -0.2) is 4.41 Å². The summed E-state index contributed by atoms with van der Waals surface area (Å²) in [6.07, 6.45) is 2.08. The van der Waals surface area contributed by atoms with Gasteiger partial charge in [0.25, 0.3) is 0 Å². The van der Waals surface area contributed by atoms with Crippen molar-refractivity contribution in [2.24, 2.45) is 0 Å². The summed E-state index contributed by atoms with van der Waals surface area (Å²) < 4.78 is 15.4. The van der Waals surface area contributed by atoms with Crippen molar-refractivity contribution in [2.45, 2.75) is 5.75 Å². The van der Waals surface area contributed by atoms with E-state index < -0.39 is 0 Å². The van der Waals surface area contributed by atoms with Crippen molar-refractivity contribution in [3.63, 3.8) is 0 Å². The summed E-state index contributed by atoms with van der Waals surface area (Å²) in [4.78, 5) is 0. The zero-order valence-electron chi connectivity index (χ0n) is 13.5. The minimum absolute atomic E-state index is 0.199. The Balaban J connectivity index is 1.64. The lowest BCUT2D eigenvalue weighted by Crippen LogP contribution is -2.43. The van der Waals surface area contributed by atoms with Crippen LogP contribution in [0.25, 0.3) is 11.9 Å². The van der Waals surface area contributed by atoms with Crippen molar-refractivity contribution in [1.29, 1.82) is 0 Å². The van der Waals surface area contributed by atoms with E-state index in [1.165, 1.54) is 11.3 Å². The summed E-state index contributed by atoms with van der Waals surface area (Å²) in [6.45, 7) is 0. The fraction of sp³-hybridized carbons (Fsp3) is 0.0476. The van der Waals surface area contributed by atoms with E-state index in [9.17, 15) is 4.39 Å². The molecule has 0 saturated carbocycles. The number of fused-ring (bicyclic) bond motifs is 1. The molecule has 0 amide bonds. The Morgan fingerprint density at radius 3 is 2.52 bits per heavy atom. The molecule has 0 radical (unpaired) electrons. The molecule has 0 atom stereocenters. The smallest absolute Gasteiger partial charge is 0.123 e. The lowest BCUT2D eigenvalue weighted by molar-refractivity contribution is 0.585. The Labute approximate surface area is 150 Å². The van der Waals surface area contributed by atoms with E-state index in [0.717, 1.165) is 22.0 Å². The van der Waals surface area contributed by atoms with E-state index in [0.29, 0.717) is 5.75 Å². The second-order valence-corrected chi connectivity index (χ2v) is 6.74. The minimum Gasteiger partial charge on any atom is -0.288 e. The van der Waals surface area contributed by atoms with Crippen LogP contribution in [-0.2, 0) is 5.75 Å². The van der Waals surface area contributed by atoms with Crippen LogP contribution in [0.4, 0.5) is 4.39 Å². The van der Waals surface area contributed by atoms with Gasteiger partial charge in [0.2, 0.25) is 0 Å². The molecule has 0 bridgehead atoms. The van der Waals surface area contributed by atoms with E-state index in [-0.39, 0.29) is 5.82 Å². The number of hydrazine groups is 1. The van der Waals surface area contributed by atoms with E-state index in [4.69, 9.17) is 0 Å². The number of benzene rings is 3. The van der Waals surface area contributed by atoms with Crippen LogP contribution in [0.5, 0.6) is 0 Å². The molecule has 3 aromatic carbocycles. The molecule has 1 aliphatic heterocycles. The second-order valence-electron chi connectivity index (χ2n) is 5.80. The average molecular weight is 348 g/mol. The van der Waals surface area contributed by atoms with Crippen LogP contribution in [0.3, 0.4) is 0 Å². The van der Waals surface area contributed by atoms with Crippen molar-refractivity contribution in [3.05, 3.63) is 106 Å². The van der Waals surface area contributed by atoms with Crippen molar-refractivity contribution in [3.8, 4) is 0 Å². The maximum Gasteiger partial charge on any atom is 0.123 e. The Bertz CT molecular complexity index is 1000. The first-order valence-electron chi connectivity index (χ1n) is 8.09. The Morgan fingerprint density at radius 2 is 1.68 bits per heavy atom. The Morgan fingerprint density at radius 1 is 0.880 bits per heavy atom. The highest BCUT2D eigenvalue weighted by Crippen LogP contribution is 2.20. The molecule has 0 fully saturated rings. The van der Waals surface area contributed by atoms with Crippen LogP contribution < -0.4 is 15.9 Å². The van der Waals surface area contributed by atoms with Gasteiger partial charge in [0, 0.05) is 28.0 Å². The van der Waals surface area contributed by atoms with Gasteiger partial charge in [0.1, 0.15) is 5.82 Å². The van der Waals surface area contributed by atoms with Crippen LogP contribution in [0.1, 0.15) is 11.1 Å². The first-order valence-corrected chi connectivity index (χ1v) is 9.04. The summed E-state index contributed by atoms with van der Waals surface area (Å²) in [5, 5.41) is 2.34. The Kier molecular flexibility index (Phi) is 4.44. The zero-order chi connectivity index (χ0) is 17.1. The summed E-state index contributed by atoms with van der Waals surface area (Å²) >= 11 is 1.60. The quantitative estimate of drug-likeness (QED) is 0.728. The highest BCUT2D eigenvalue weighted by Gasteiger charge is 2.12. The number of rotatable bonds is 4. The molecule has 4 rings (SSSR count). The lowest BCUT2D eigenvalue weighted by atomic mass is 10.1. The topological polar surface area (TPSA) is 15.3 Å². The van der Waals surface area contributed by atoms with Crippen molar-refractivity contribution < 1.29 is 4.39 Å². The molecule has 0 aliphatic carbocycles. The lowest BCUT2D eigenvalue weighted by Gasteiger charge is -2.26. The molecule has 4 heteroatoms. The monoisotopic (exact) mass is 348 g/mol. The molecule has 0 aromatic heterocycles. The van der Waals surface area contributed by atoms with E-state index in [1.807, 2.05) is 40.8 Å². The van der Waals surface area contributed by atoms with Gasteiger partial charge in [-0.1, -0.05) is 66.7 Å². The number of hydrogen-bond donors (Lipinski definition) is 1. The van der Waals surface area contributed by atoms with Gasteiger partial charge in [-0.3, -0.25) is 5.43 Å². The molecule has 124 valence electrons. The largest absolute Gasteiger partial charge is 0.288 e. The fourth-order valence-corrected chi connectivity index (χ4v) is 3.64. The summed E-state index contributed by atoms with van der Waals surface area (Å²) in [5.74, 6) is 0.487. The third kappa shape index (κ3) is 3.54. The Hall–Kier alpha value is -2.72. The van der Waals surface area contributed by atoms with Gasteiger partial charge in [-0.05, 0) is 29.6 Å². The zero-order valence-corrected chi connectivity index (χ0v) is 14.3. The molecular weight excluding hydrogens is 331 g/mol. The summed E-state index contributed by atoms with van der Waals surface area (Å²) in [5.41, 5.74) is 6.65. The molecule has 0 unspecified atom stereocenters. The summed E-state index contributed by atoms with van der Waals surface area (Å²) in [7, 11) is 0. The van der Waals surface area contributed by atoms with Crippen molar-refractivity contribution in [2.75, 3.05) is 0 Å². The molecule has 0 spiro atoms. The van der Waals surface area contributed by atoms with Gasteiger partial charge in [0.05, 0.1) is 5.70 Å². The van der Waals surface area contributed by atoms with Gasteiger partial charge < -0.3 is 0 Å². The van der Waals surface area contributed by atoms with Crippen LogP contribution in [0.2, 0.25) is 0 Å². The SMILES string of the molecule is Fc1cccc(CSN2C=c3ccccc3=C(c3ccccc3)N2)c1. The third-order valence-corrected chi connectivity index (χ3v) is 4.97. The minimum atomic E-state index is -0.199. The van der Waals surface area contributed by atoms with E-state index >= 15 is 0 Å². The standard InChI is InChI=1S/C21H17FN2S/c22-19-11-6-7-16(13-19)15-25-24-14-18-10-4-5-12-20(18)21(23-24)17-8-2-1-3-9-17/h1-14,23H,15H2. The number of nitrogens with one attached hydrogen (secondary N) is 1. The first-order chi connectivity index (χ1) is 12.3. The molecular formula is C21H17FN2S. The van der Waals surface area contributed by atoms with Crippen LogP contribution in [0.15, 0.2) is 78.9 Å². The van der Waals surface area contributed by atoms with Crippen LogP contribution >= 0.6 is 11.9 Å². The van der Waals surface area contributed by atoms with Gasteiger partial charge in [-0.25, -0.2) is 8.80 Å². The maximum absolute atomic E-state index is 13.4. The highest BCUT2D eigenvalue weighted by atomic mass is 32.2. The third-order valence-electron chi connectivity index (χ3n) is 4.03. The van der Waals surface area contributed by atoms with Crippen molar-refractivity contribution in [1.82, 2.24) is 9.84 Å². The summed E-state index contributed by atoms with van der Waals surface area (Å²) in [6, 6.07) is 25.3. The number of halogens is 1. The second kappa shape index (κ2) is 7.03. The number of hydrogen-bond acceptors (Lipinski definition) is 3. The van der Waals surface area contributed by atoms with Crippen LogP contribution in [0, 0.1) is 5.82 Å². The highest BCUT2D eigenvalue weighted by molar-refractivity contribution is 7.96. The van der Waals surface area contributed by atoms with Gasteiger partial charge in [-0.15, -0.1) is 0 Å². The van der Waals surface area contributed by atoms with E-state index in [1.54, 1.807) is 24.1 Å². The van der Waals surface area contributed by atoms with Crippen molar-refractivity contribution >= 4 is 23.8 Å².